The number of unbranched alkanes of at least 4 members (excludes halogenated alkanes) is 6. The molecule has 0 aromatic heterocycles. The van der Waals surface area contributed by atoms with Crippen LogP contribution in [0.15, 0.2) is 38.0 Å². The van der Waals surface area contributed by atoms with Gasteiger partial charge in [0.25, 0.3) is 0 Å². The monoisotopic (exact) mass is 531 g/mol. The minimum atomic E-state index is -0.826. The largest absolute Gasteiger partial charge is 0.308 e. The van der Waals surface area contributed by atoms with Crippen molar-refractivity contribution in [1.82, 2.24) is 16.0 Å². The molecule has 0 aromatic carbocycles. The molecule has 6 nitrogen and oxygen atoms in total. The molecule has 0 spiro atoms. The number of carbonyl (C=O) groups is 3. The van der Waals surface area contributed by atoms with E-state index in [2.05, 4.69) is 35.7 Å². The zero-order valence-corrected chi connectivity index (χ0v) is 25.2. The van der Waals surface area contributed by atoms with Crippen LogP contribution < -0.4 is 16.0 Å². The van der Waals surface area contributed by atoms with Gasteiger partial charge in [-0.25, -0.2) is 0 Å². The lowest BCUT2D eigenvalue weighted by Gasteiger charge is -2.34. The number of carbonyl (C=O) groups excluding carboxylic acids is 3. The molecule has 0 aliphatic carbocycles. The van der Waals surface area contributed by atoms with Gasteiger partial charge in [0.15, 0.2) is 11.6 Å². The lowest BCUT2D eigenvalue weighted by atomic mass is 9.85. The van der Waals surface area contributed by atoms with E-state index in [9.17, 15) is 14.4 Å². The highest BCUT2D eigenvalue weighted by Gasteiger charge is 2.36. The molecule has 3 unspecified atom stereocenters. The molecule has 0 rings (SSSR count). The van der Waals surface area contributed by atoms with Crippen molar-refractivity contribution in [2.45, 2.75) is 128 Å². The molecular weight excluding hydrogens is 474 g/mol. The van der Waals surface area contributed by atoms with Crippen molar-refractivity contribution in [1.29, 1.82) is 0 Å². The zero-order chi connectivity index (χ0) is 29.1. The van der Waals surface area contributed by atoms with Crippen LogP contribution in [0.1, 0.15) is 111 Å². The molecule has 0 amide bonds. The Balaban J connectivity index is 5.16. The topological polar surface area (TPSA) is 87.3 Å². The van der Waals surface area contributed by atoms with Crippen LogP contribution in [0.4, 0.5) is 0 Å². The van der Waals surface area contributed by atoms with Crippen molar-refractivity contribution < 1.29 is 14.4 Å². The summed E-state index contributed by atoms with van der Waals surface area (Å²) in [5, 5.41) is 9.88. The fourth-order valence-electron chi connectivity index (χ4n) is 4.64. The van der Waals surface area contributed by atoms with E-state index in [4.69, 9.17) is 0 Å². The van der Waals surface area contributed by atoms with Crippen molar-refractivity contribution >= 4 is 17.3 Å². The first-order valence-electron chi connectivity index (χ1n) is 14.5. The number of likely N-dealkylation sites (N-methyl/N-ethyl adjacent to an activating group) is 1. The van der Waals surface area contributed by atoms with Crippen LogP contribution in [0.2, 0.25) is 0 Å². The van der Waals surface area contributed by atoms with E-state index in [1.54, 1.807) is 14.0 Å². The number of hydrogen-bond acceptors (Lipinski definition) is 6. The summed E-state index contributed by atoms with van der Waals surface area (Å²) in [4.78, 5) is 39.1. The van der Waals surface area contributed by atoms with E-state index in [1.807, 2.05) is 39.0 Å². The Kier molecular flexibility index (Phi) is 18.3. The van der Waals surface area contributed by atoms with Gasteiger partial charge in [-0.2, -0.15) is 0 Å². The van der Waals surface area contributed by atoms with Crippen molar-refractivity contribution in [3.05, 3.63) is 38.0 Å². The Hall–Kier alpha value is -1.89. The Morgan fingerprint density at radius 1 is 0.658 bits per heavy atom. The second-order valence-electron chi connectivity index (χ2n) is 11.3. The fraction of sp³-hybridized carbons (Fsp3) is 0.719. The van der Waals surface area contributed by atoms with Crippen molar-refractivity contribution in [3.8, 4) is 0 Å². The molecule has 6 heteroatoms. The maximum Gasteiger partial charge on any atom is 0.166 e. The maximum atomic E-state index is 13.5. The fourth-order valence-corrected chi connectivity index (χ4v) is 4.64. The first kappa shape index (κ1) is 36.1. The lowest BCUT2D eigenvalue weighted by Crippen LogP contribution is -2.57. The average Bonchev–Trinajstić information content (AvgIpc) is 2.89. The number of nitrogens with one attached hydrogen (secondary N) is 3. The predicted molar refractivity (Wildman–Crippen MR) is 162 cm³/mol. The molecule has 218 valence electrons. The molecule has 0 fully saturated rings. The van der Waals surface area contributed by atoms with Crippen molar-refractivity contribution in [2.75, 3.05) is 20.1 Å². The number of allylic oxidation sites excluding steroid dienone is 3. The number of hydrogen-bond donors (Lipinski definition) is 3. The highest BCUT2D eigenvalue weighted by molar-refractivity contribution is 5.92. The van der Waals surface area contributed by atoms with Gasteiger partial charge < -0.3 is 10.6 Å². The third-order valence-corrected chi connectivity index (χ3v) is 8.07. The van der Waals surface area contributed by atoms with Gasteiger partial charge in [-0.05, 0) is 92.5 Å². The summed E-state index contributed by atoms with van der Waals surface area (Å²) in [5.41, 5.74) is -2.12. The SMILES string of the molecule is C=CCCCCCCC(C)(NCCC(=O)C(C)(CCCC=C)NCC(=O)C(C)(CCCC=C)NC)C(C)=O. The molecule has 0 bridgehead atoms. The Morgan fingerprint density at radius 3 is 1.68 bits per heavy atom. The summed E-state index contributed by atoms with van der Waals surface area (Å²) >= 11 is 0. The predicted octanol–water partition coefficient (Wildman–Crippen LogP) is 6.02. The van der Waals surface area contributed by atoms with Crippen molar-refractivity contribution in [3.63, 3.8) is 0 Å². The average molecular weight is 532 g/mol. The quantitative estimate of drug-likeness (QED) is 0.0935. The molecule has 0 saturated heterocycles. The summed E-state index contributed by atoms with van der Waals surface area (Å²) in [7, 11) is 1.80. The Bertz CT molecular complexity index is 765. The molecule has 0 aliphatic rings. The third-order valence-electron chi connectivity index (χ3n) is 8.07. The van der Waals surface area contributed by atoms with Gasteiger partial charge in [0.2, 0.25) is 0 Å². The number of Topliss-reactive ketones (excluding diaryl/α,β-unsaturated/α-hetero) is 3. The third kappa shape index (κ3) is 13.3. The zero-order valence-electron chi connectivity index (χ0n) is 25.2. The first-order chi connectivity index (χ1) is 17.9. The van der Waals surface area contributed by atoms with E-state index in [0.29, 0.717) is 19.4 Å². The van der Waals surface area contributed by atoms with Gasteiger partial charge in [0.05, 0.1) is 23.2 Å². The van der Waals surface area contributed by atoms with Crippen LogP contribution in [0.5, 0.6) is 0 Å². The van der Waals surface area contributed by atoms with Crippen LogP contribution >= 0.6 is 0 Å². The highest BCUT2D eigenvalue weighted by Crippen LogP contribution is 2.21. The molecule has 0 aliphatic heterocycles. The van der Waals surface area contributed by atoms with E-state index < -0.39 is 16.6 Å². The van der Waals surface area contributed by atoms with Crippen LogP contribution in [0, 0.1) is 0 Å². The lowest BCUT2D eigenvalue weighted by molar-refractivity contribution is -0.128. The molecule has 3 atom stereocenters. The van der Waals surface area contributed by atoms with Crippen molar-refractivity contribution in [2.24, 2.45) is 0 Å². The molecule has 0 heterocycles. The van der Waals surface area contributed by atoms with E-state index in [1.165, 1.54) is 0 Å². The molecule has 0 saturated carbocycles. The minimum Gasteiger partial charge on any atom is -0.308 e. The molecular formula is C32H57N3O3. The molecule has 3 N–H and O–H groups in total. The van der Waals surface area contributed by atoms with Crippen LogP contribution in [-0.4, -0.2) is 54.1 Å². The summed E-state index contributed by atoms with van der Waals surface area (Å²) in [6.07, 6.45) is 16.7. The summed E-state index contributed by atoms with van der Waals surface area (Å²) in [6, 6.07) is 0. The normalized spacial score (nSPS) is 16.0. The summed E-state index contributed by atoms with van der Waals surface area (Å²) < 4.78 is 0. The van der Waals surface area contributed by atoms with Gasteiger partial charge >= 0.3 is 0 Å². The molecule has 0 aromatic rings. The van der Waals surface area contributed by atoms with E-state index in [-0.39, 0.29) is 30.3 Å². The van der Waals surface area contributed by atoms with Gasteiger partial charge in [-0.15, -0.1) is 19.7 Å². The second-order valence-corrected chi connectivity index (χ2v) is 11.3. The van der Waals surface area contributed by atoms with E-state index >= 15 is 0 Å². The van der Waals surface area contributed by atoms with E-state index in [0.717, 1.165) is 64.2 Å². The molecule has 38 heavy (non-hydrogen) atoms. The van der Waals surface area contributed by atoms with Gasteiger partial charge in [0.1, 0.15) is 5.78 Å². The highest BCUT2D eigenvalue weighted by atomic mass is 16.1. The second kappa shape index (κ2) is 19.2. The Labute approximate surface area is 233 Å². The maximum absolute atomic E-state index is 13.5. The Morgan fingerprint density at radius 2 is 1.16 bits per heavy atom. The summed E-state index contributed by atoms with van der Waals surface area (Å²) in [5.74, 6) is 0.188. The minimum absolute atomic E-state index is 0.0437. The van der Waals surface area contributed by atoms with Gasteiger partial charge in [0, 0.05) is 13.0 Å². The smallest absolute Gasteiger partial charge is 0.166 e. The number of rotatable bonds is 26. The van der Waals surface area contributed by atoms with Crippen LogP contribution in [0.3, 0.4) is 0 Å². The first-order valence-corrected chi connectivity index (χ1v) is 14.5. The molecule has 0 radical (unpaired) electrons. The number of ketones is 3. The van der Waals surface area contributed by atoms with Crippen LogP contribution in [0.25, 0.3) is 0 Å². The van der Waals surface area contributed by atoms with Gasteiger partial charge in [-0.3, -0.25) is 19.7 Å². The summed E-state index contributed by atoms with van der Waals surface area (Å²) in [6.45, 7) is 19.2. The standard InChI is InChI=1S/C32H57N3O3/c1-9-12-15-16-17-20-22-30(5,27(4)36)34-25-21-28(37)32(7,24-19-14-11-3)35-26-29(38)31(6,33-8)23-18-13-10-2/h9-11,33-35H,1-3,12-26H2,4-8H3. The van der Waals surface area contributed by atoms with Gasteiger partial charge in [-0.1, -0.05) is 37.5 Å². The van der Waals surface area contributed by atoms with Crippen LogP contribution in [-0.2, 0) is 14.4 Å².